The minimum atomic E-state index is 0.568. The highest BCUT2D eigenvalue weighted by molar-refractivity contribution is 6.35. The van der Waals surface area contributed by atoms with E-state index < -0.39 is 0 Å². The van der Waals surface area contributed by atoms with Crippen molar-refractivity contribution in [2.24, 2.45) is 0 Å². The van der Waals surface area contributed by atoms with Crippen LogP contribution in [0.3, 0.4) is 0 Å². The fourth-order valence-electron chi connectivity index (χ4n) is 3.88. The summed E-state index contributed by atoms with van der Waals surface area (Å²) in [6.07, 6.45) is 4.79. The SMILES string of the molecule is [N-]=[N+]=C1C2=C(CCC2)c2cccc(OCCCc3ccc(Cl)cc3Cl)c21. The normalized spacial score (nSPS) is 15.1. The summed E-state index contributed by atoms with van der Waals surface area (Å²) in [4.78, 5) is 3.58. The lowest BCUT2D eigenvalue weighted by molar-refractivity contribution is -0.00321. The number of rotatable bonds is 5. The number of ether oxygens (including phenoxy) is 1. The van der Waals surface area contributed by atoms with Crippen molar-refractivity contribution in [3.05, 3.63) is 74.2 Å². The molecule has 132 valence electrons. The maximum absolute atomic E-state index is 9.53. The molecule has 0 spiro atoms. The second-order valence-corrected chi connectivity index (χ2v) is 7.47. The standard InChI is InChI=1S/C21H18Cl2N2O/c22-14-10-9-13(18(23)12-14)4-3-11-26-19-8-2-6-16-15-5-1-7-17(15)21(25-24)20(16)19/h2,6,8-10,12H,1,3-5,7,11H2. The van der Waals surface area contributed by atoms with Crippen molar-refractivity contribution in [2.45, 2.75) is 32.1 Å². The van der Waals surface area contributed by atoms with Crippen LogP contribution in [-0.2, 0) is 6.42 Å². The number of aryl methyl sites for hydroxylation is 1. The molecular formula is C21H18Cl2N2O. The fourth-order valence-corrected chi connectivity index (χ4v) is 4.38. The average Bonchev–Trinajstić information content (AvgIpc) is 3.21. The third-order valence-corrected chi connectivity index (χ3v) is 5.64. The summed E-state index contributed by atoms with van der Waals surface area (Å²) < 4.78 is 6.04. The zero-order valence-electron chi connectivity index (χ0n) is 14.3. The number of nitrogens with zero attached hydrogens (tertiary/aromatic N) is 2. The third-order valence-electron chi connectivity index (χ3n) is 5.05. The van der Waals surface area contributed by atoms with Gasteiger partial charge in [-0.3, -0.25) is 0 Å². The van der Waals surface area contributed by atoms with Crippen molar-refractivity contribution in [1.29, 1.82) is 0 Å². The molecule has 3 nitrogen and oxygen atoms in total. The van der Waals surface area contributed by atoms with E-state index in [1.54, 1.807) is 6.07 Å². The molecule has 0 fully saturated rings. The first-order valence-electron chi connectivity index (χ1n) is 8.84. The molecule has 2 aliphatic rings. The first-order chi connectivity index (χ1) is 12.7. The van der Waals surface area contributed by atoms with Gasteiger partial charge in [-0.05, 0) is 67.0 Å². The molecule has 0 aliphatic heterocycles. The van der Waals surface area contributed by atoms with E-state index in [4.69, 9.17) is 27.9 Å². The third kappa shape index (κ3) is 3.07. The Labute approximate surface area is 162 Å². The number of hydrogen-bond acceptors (Lipinski definition) is 1. The maximum atomic E-state index is 9.53. The molecule has 0 bridgehead atoms. The summed E-state index contributed by atoms with van der Waals surface area (Å²) in [6.45, 7) is 0.568. The van der Waals surface area contributed by atoms with Gasteiger partial charge in [-0.25, -0.2) is 0 Å². The summed E-state index contributed by atoms with van der Waals surface area (Å²) in [5, 5.41) is 1.33. The summed E-state index contributed by atoms with van der Waals surface area (Å²) in [7, 11) is 0. The van der Waals surface area contributed by atoms with Gasteiger partial charge in [-0.15, -0.1) is 0 Å². The molecule has 0 unspecified atom stereocenters. The molecule has 0 N–H and O–H groups in total. The second-order valence-electron chi connectivity index (χ2n) is 6.63. The van der Waals surface area contributed by atoms with E-state index in [0.29, 0.717) is 22.4 Å². The lowest BCUT2D eigenvalue weighted by Gasteiger charge is -2.11. The predicted octanol–water partition coefficient (Wildman–Crippen LogP) is 5.98. The minimum Gasteiger partial charge on any atom is -0.493 e. The van der Waals surface area contributed by atoms with Crippen LogP contribution in [0, 0.1) is 0 Å². The zero-order chi connectivity index (χ0) is 18.1. The van der Waals surface area contributed by atoms with Gasteiger partial charge in [-0.2, -0.15) is 4.79 Å². The maximum Gasteiger partial charge on any atom is 0.330 e. The highest BCUT2D eigenvalue weighted by atomic mass is 35.5. The molecule has 2 aromatic carbocycles. The van der Waals surface area contributed by atoms with Crippen molar-refractivity contribution in [2.75, 3.05) is 6.61 Å². The van der Waals surface area contributed by atoms with Crippen molar-refractivity contribution < 1.29 is 9.53 Å². The van der Waals surface area contributed by atoms with Crippen LogP contribution in [0.2, 0.25) is 10.0 Å². The molecule has 4 rings (SSSR count). The molecule has 2 aromatic rings. The van der Waals surface area contributed by atoms with Gasteiger partial charge in [0.2, 0.25) is 0 Å². The van der Waals surface area contributed by atoms with E-state index in [0.717, 1.165) is 54.5 Å². The largest absolute Gasteiger partial charge is 0.493 e. The van der Waals surface area contributed by atoms with E-state index in [-0.39, 0.29) is 0 Å². The molecule has 0 heterocycles. The molecule has 0 saturated carbocycles. The van der Waals surface area contributed by atoms with Crippen LogP contribution in [0.5, 0.6) is 5.75 Å². The lowest BCUT2D eigenvalue weighted by atomic mass is 10.0. The van der Waals surface area contributed by atoms with Crippen LogP contribution in [0.4, 0.5) is 0 Å². The van der Waals surface area contributed by atoms with E-state index in [2.05, 4.69) is 10.9 Å². The average molecular weight is 385 g/mol. The molecule has 2 aliphatic carbocycles. The van der Waals surface area contributed by atoms with Crippen LogP contribution >= 0.6 is 23.2 Å². The quantitative estimate of drug-likeness (QED) is 0.355. The lowest BCUT2D eigenvalue weighted by Crippen LogP contribution is -2.08. The molecule has 0 radical (unpaired) electrons. The summed E-state index contributed by atoms with van der Waals surface area (Å²) >= 11 is 12.2. The van der Waals surface area contributed by atoms with Gasteiger partial charge in [-0.1, -0.05) is 41.4 Å². The van der Waals surface area contributed by atoms with Crippen LogP contribution < -0.4 is 4.74 Å². The van der Waals surface area contributed by atoms with Crippen molar-refractivity contribution in [3.8, 4) is 5.75 Å². The van der Waals surface area contributed by atoms with Gasteiger partial charge in [0.15, 0.2) is 0 Å². The molecule has 0 amide bonds. The van der Waals surface area contributed by atoms with Crippen LogP contribution in [0.1, 0.15) is 42.4 Å². The zero-order valence-corrected chi connectivity index (χ0v) is 15.8. The Morgan fingerprint density at radius 3 is 2.73 bits per heavy atom. The van der Waals surface area contributed by atoms with Gasteiger partial charge in [0.05, 0.1) is 6.61 Å². The Morgan fingerprint density at radius 2 is 1.92 bits per heavy atom. The Bertz CT molecular complexity index is 958. The fraction of sp³-hybridized carbons (Fsp3) is 0.286. The van der Waals surface area contributed by atoms with E-state index in [1.807, 2.05) is 24.3 Å². The van der Waals surface area contributed by atoms with Crippen LogP contribution in [0.15, 0.2) is 42.0 Å². The topological polar surface area (TPSA) is 45.6 Å². The Morgan fingerprint density at radius 1 is 1.08 bits per heavy atom. The molecule has 0 atom stereocenters. The van der Waals surface area contributed by atoms with Crippen LogP contribution in [0.25, 0.3) is 11.1 Å². The van der Waals surface area contributed by atoms with Gasteiger partial charge in [0.1, 0.15) is 11.3 Å². The van der Waals surface area contributed by atoms with Gasteiger partial charge in [0, 0.05) is 15.6 Å². The number of benzene rings is 2. The van der Waals surface area contributed by atoms with Crippen LogP contribution in [-0.4, -0.2) is 17.1 Å². The Kier molecular flexibility index (Phi) is 4.86. The van der Waals surface area contributed by atoms with Crippen molar-refractivity contribution in [1.82, 2.24) is 0 Å². The number of allylic oxidation sites excluding steroid dienone is 2. The summed E-state index contributed by atoms with van der Waals surface area (Å²) in [5.41, 5.74) is 15.9. The van der Waals surface area contributed by atoms with Gasteiger partial charge < -0.3 is 10.3 Å². The molecule has 0 aromatic heterocycles. The van der Waals surface area contributed by atoms with Gasteiger partial charge in [0.25, 0.3) is 0 Å². The number of fused-ring (bicyclic) bond motifs is 2. The van der Waals surface area contributed by atoms with Crippen molar-refractivity contribution in [3.63, 3.8) is 0 Å². The number of hydrogen-bond donors (Lipinski definition) is 0. The first-order valence-corrected chi connectivity index (χ1v) is 9.59. The predicted molar refractivity (Wildman–Crippen MR) is 105 cm³/mol. The Hall–Kier alpha value is -2.06. The summed E-state index contributed by atoms with van der Waals surface area (Å²) in [6, 6.07) is 11.6. The van der Waals surface area contributed by atoms with E-state index in [1.165, 1.54) is 11.1 Å². The molecule has 26 heavy (non-hydrogen) atoms. The number of halogens is 2. The molecular weight excluding hydrogens is 367 g/mol. The van der Waals surface area contributed by atoms with E-state index >= 15 is 0 Å². The smallest absolute Gasteiger partial charge is 0.330 e. The van der Waals surface area contributed by atoms with E-state index in [9.17, 15) is 5.53 Å². The molecule has 0 saturated heterocycles. The monoisotopic (exact) mass is 384 g/mol. The van der Waals surface area contributed by atoms with Crippen molar-refractivity contribution >= 4 is 34.5 Å². The second kappa shape index (κ2) is 7.28. The minimum absolute atomic E-state index is 0.568. The highest BCUT2D eigenvalue weighted by Crippen LogP contribution is 2.45. The summed E-state index contributed by atoms with van der Waals surface area (Å²) in [5.74, 6) is 0.784. The molecule has 5 heteroatoms. The highest BCUT2D eigenvalue weighted by Gasteiger charge is 2.38. The Balaban J connectivity index is 1.46. The first kappa shape index (κ1) is 17.4. The van der Waals surface area contributed by atoms with Gasteiger partial charge >= 0.3 is 5.71 Å².